The first kappa shape index (κ1) is 24.3. The average molecular weight is 518 g/mol. The third-order valence-electron chi connectivity index (χ3n) is 6.12. The smallest absolute Gasteiger partial charge is 0.266 e. The Labute approximate surface area is 219 Å². The number of thiocarbonyl (C=S) groups is 1. The first-order valence-corrected chi connectivity index (χ1v) is 13.3. The van der Waals surface area contributed by atoms with Crippen LogP contribution in [0.3, 0.4) is 0 Å². The molecule has 2 aromatic carbocycles. The van der Waals surface area contributed by atoms with Gasteiger partial charge in [0.25, 0.3) is 5.91 Å². The predicted octanol–water partition coefficient (Wildman–Crippen LogP) is 7.08. The van der Waals surface area contributed by atoms with E-state index in [0.29, 0.717) is 38.6 Å². The van der Waals surface area contributed by atoms with Crippen LogP contribution < -0.4 is 4.74 Å². The Morgan fingerprint density at radius 3 is 2.72 bits per heavy atom. The van der Waals surface area contributed by atoms with E-state index in [1.807, 2.05) is 66.9 Å². The number of thioether (sulfide) groups is 1. The lowest BCUT2D eigenvalue weighted by Crippen LogP contribution is -2.28. The number of nitrogens with zero attached hydrogens (tertiary/aromatic N) is 3. The minimum Gasteiger partial charge on any atom is -0.493 e. The van der Waals surface area contributed by atoms with Crippen molar-refractivity contribution in [2.24, 2.45) is 0 Å². The molecule has 0 unspecified atom stereocenters. The molecule has 1 amide bonds. The standard InChI is InChI=1S/C28H27N3O3S2/c1-3-4-5-9-15-30-27(32)24(36-28(30)35)17-20-18-31(21-12-7-6-8-13-21)29-25(20)23-16-19-11-10-14-22(33-2)26(19)34-23/h6-8,10-14,16-18H,3-5,9,15H2,1-2H3/b24-17-. The van der Waals surface area contributed by atoms with Gasteiger partial charge in [-0.05, 0) is 36.8 Å². The molecule has 0 N–H and O–H groups in total. The number of fused-ring (bicyclic) bond motifs is 1. The number of hydrogen-bond acceptors (Lipinski definition) is 6. The number of unbranched alkanes of at least 4 members (excludes halogenated alkanes) is 3. The van der Waals surface area contributed by atoms with Gasteiger partial charge < -0.3 is 9.15 Å². The van der Waals surface area contributed by atoms with E-state index in [1.165, 1.54) is 11.8 Å². The van der Waals surface area contributed by atoms with Crippen LogP contribution in [-0.2, 0) is 4.79 Å². The quantitative estimate of drug-likeness (QED) is 0.134. The SMILES string of the molecule is CCCCCCN1C(=O)/C(=C/c2cn(-c3ccccc3)nc2-c2cc3cccc(OC)c3o2)SC1=S. The summed E-state index contributed by atoms with van der Waals surface area (Å²) >= 11 is 6.88. The Morgan fingerprint density at radius 2 is 1.94 bits per heavy atom. The Balaban J connectivity index is 1.54. The van der Waals surface area contributed by atoms with E-state index in [4.69, 9.17) is 26.5 Å². The molecule has 1 aliphatic heterocycles. The molecular formula is C28H27N3O3S2. The summed E-state index contributed by atoms with van der Waals surface area (Å²) in [7, 11) is 1.62. The first-order valence-electron chi connectivity index (χ1n) is 12.1. The van der Waals surface area contributed by atoms with Crippen LogP contribution in [0.25, 0.3) is 34.2 Å². The third kappa shape index (κ3) is 4.83. The molecule has 8 heteroatoms. The van der Waals surface area contributed by atoms with Crippen LogP contribution in [0.1, 0.15) is 38.2 Å². The molecule has 1 saturated heterocycles. The van der Waals surface area contributed by atoms with Crippen LogP contribution in [0.15, 0.2) is 70.1 Å². The molecule has 4 aromatic rings. The minimum atomic E-state index is -0.0498. The molecule has 0 atom stereocenters. The number of benzene rings is 2. The highest BCUT2D eigenvalue weighted by atomic mass is 32.2. The highest BCUT2D eigenvalue weighted by Gasteiger charge is 2.32. The van der Waals surface area contributed by atoms with Gasteiger partial charge in [0.1, 0.15) is 10.0 Å². The van der Waals surface area contributed by atoms with Crippen molar-refractivity contribution in [1.29, 1.82) is 0 Å². The maximum absolute atomic E-state index is 13.2. The molecule has 6 nitrogen and oxygen atoms in total. The van der Waals surface area contributed by atoms with E-state index in [1.54, 1.807) is 16.7 Å². The number of carbonyl (C=O) groups excluding carboxylic acids is 1. The molecule has 1 aliphatic rings. The summed E-state index contributed by atoms with van der Waals surface area (Å²) in [6.45, 7) is 2.83. The third-order valence-corrected chi connectivity index (χ3v) is 7.50. The largest absolute Gasteiger partial charge is 0.493 e. The number of methoxy groups -OCH3 is 1. The van der Waals surface area contributed by atoms with Crippen molar-refractivity contribution in [3.8, 4) is 22.9 Å². The molecule has 184 valence electrons. The van der Waals surface area contributed by atoms with Crippen molar-refractivity contribution in [3.63, 3.8) is 0 Å². The Kier molecular flexibility index (Phi) is 7.25. The van der Waals surface area contributed by atoms with E-state index in [-0.39, 0.29) is 5.91 Å². The number of furan rings is 1. The molecule has 3 heterocycles. The Hall–Kier alpha value is -3.36. The number of aromatic nitrogens is 2. The van der Waals surface area contributed by atoms with Crippen LogP contribution in [0, 0.1) is 0 Å². The van der Waals surface area contributed by atoms with Crippen LogP contribution in [0.2, 0.25) is 0 Å². The van der Waals surface area contributed by atoms with Gasteiger partial charge >= 0.3 is 0 Å². The predicted molar refractivity (Wildman–Crippen MR) is 149 cm³/mol. The van der Waals surface area contributed by atoms with Crippen LogP contribution in [0.4, 0.5) is 0 Å². The van der Waals surface area contributed by atoms with Gasteiger partial charge in [-0.2, -0.15) is 5.10 Å². The molecule has 2 aromatic heterocycles. The second kappa shape index (κ2) is 10.7. The second-order valence-corrected chi connectivity index (χ2v) is 10.3. The summed E-state index contributed by atoms with van der Waals surface area (Å²) in [6, 6.07) is 17.6. The van der Waals surface area contributed by atoms with E-state index in [0.717, 1.165) is 42.3 Å². The van der Waals surface area contributed by atoms with Gasteiger partial charge in [0, 0.05) is 23.7 Å². The molecule has 0 bridgehead atoms. The monoisotopic (exact) mass is 517 g/mol. The summed E-state index contributed by atoms with van der Waals surface area (Å²) in [4.78, 5) is 15.5. The first-order chi connectivity index (χ1) is 17.6. The number of carbonyl (C=O) groups is 1. The van der Waals surface area contributed by atoms with Crippen molar-refractivity contribution in [2.45, 2.75) is 32.6 Å². The lowest BCUT2D eigenvalue weighted by Gasteiger charge is -2.13. The maximum Gasteiger partial charge on any atom is 0.266 e. The van der Waals surface area contributed by atoms with Gasteiger partial charge in [0.05, 0.1) is 17.7 Å². The number of para-hydroxylation sites is 2. The van der Waals surface area contributed by atoms with Crippen molar-refractivity contribution in [2.75, 3.05) is 13.7 Å². The van der Waals surface area contributed by atoms with E-state index in [9.17, 15) is 4.79 Å². The van der Waals surface area contributed by atoms with Crippen molar-refractivity contribution in [1.82, 2.24) is 14.7 Å². The molecular weight excluding hydrogens is 490 g/mol. The van der Waals surface area contributed by atoms with Crippen LogP contribution in [-0.4, -0.2) is 38.6 Å². The molecule has 0 radical (unpaired) electrons. The number of hydrogen-bond donors (Lipinski definition) is 0. The number of ether oxygens (including phenoxy) is 1. The fraction of sp³-hybridized carbons (Fsp3) is 0.250. The summed E-state index contributed by atoms with van der Waals surface area (Å²) in [5.41, 5.74) is 3.00. The number of amides is 1. The summed E-state index contributed by atoms with van der Waals surface area (Å²) in [6.07, 6.45) is 8.15. The van der Waals surface area contributed by atoms with Gasteiger partial charge in [-0.3, -0.25) is 9.69 Å². The van der Waals surface area contributed by atoms with Gasteiger partial charge in [-0.25, -0.2) is 4.68 Å². The lowest BCUT2D eigenvalue weighted by atomic mass is 10.1. The van der Waals surface area contributed by atoms with Gasteiger partial charge in [0.15, 0.2) is 17.1 Å². The zero-order valence-electron chi connectivity index (χ0n) is 20.3. The van der Waals surface area contributed by atoms with Crippen molar-refractivity contribution < 1.29 is 13.9 Å². The van der Waals surface area contributed by atoms with Gasteiger partial charge in [-0.1, -0.05) is 80.5 Å². The molecule has 5 rings (SSSR count). The van der Waals surface area contributed by atoms with E-state index >= 15 is 0 Å². The highest BCUT2D eigenvalue weighted by Crippen LogP contribution is 2.37. The average Bonchev–Trinajstić information content (AvgIpc) is 3.58. The Morgan fingerprint density at radius 1 is 1.11 bits per heavy atom. The summed E-state index contributed by atoms with van der Waals surface area (Å²) < 4.78 is 14.1. The Bertz CT molecular complexity index is 1440. The molecule has 0 aliphatic carbocycles. The molecule has 36 heavy (non-hydrogen) atoms. The van der Waals surface area contributed by atoms with Gasteiger partial charge in [-0.15, -0.1) is 0 Å². The zero-order valence-corrected chi connectivity index (χ0v) is 21.9. The van der Waals surface area contributed by atoms with Crippen LogP contribution in [0.5, 0.6) is 5.75 Å². The fourth-order valence-corrected chi connectivity index (χ4v) is 5.54. The van der Waals surface area contributed by atoms with Crippen LogP contribution >= 0.6 is 24.0 Å². The van der Waals surface area contributed by atoms with Crippen molar-refractivity contribution >= 4 is 51.3 Å². The minimum absolute atomic E-state index is 0.0498. The summed E-state index contributed by atoms with van der Waals surface area (Å²) in [5, 5.41) is 5.77. The molecule has 0 spiro atoms. The lowest BCUT2D eigenvalue weighted by molar-refractivity contribution is -0.122. The summed E-state index contributed by atoms with van der Waals surface area (Å²) in [5.74, 6) is 1.21. The molecule has 0 saturated carbocycles. The fourth-order valence-electron chi connectivity index (χ4n) is 4.24. The molecule has 1 fully saturated rings. The zero-order chi connectivity index (χ0) is 25.1. The van der Waals surface area contributed by atoms with E-state index in [2.05, 4.69) is 6.92 Å². The second-order valence-electron chi connectivity index (χ2n) is 8.60. The number of rotatable bonds is 9. The topological polar surface area (TPSA) is 60.5 Å². The van der Waals surface area contributed by atoms with Crippen molar-refractivity contribution in [3.05, 3.63) is 71.3 Å². The normalized spacial score (nSPS) is 14.9. The van der Waals surface area contributed by atoms with Gasteiger partial charge in [0.2, 0.25) is 0 Å². The highest BCUT2D eigenvalue weighted by molar-refractivity contribution is 8.26. The maximum atomic E-state index is 13.2. The van der Waals surface area contributed by atoms with E-state index < -0.39 is 0 Å².